The van der Waals surface area contributed by atoms with Crippen molar-refractivity contribution in [2.75, 3.05) is 6.54 Å². The number of nitrogens with one attached hydrogen (secondary N) is 2. The van der Waals surface area contributed by atoms with E-state index in [1.165, 1.54) is 12.8 Å². The molecule has 162 valence electrons. The Morgan fingerprint density at radius 3 is 2.72 bits per heavy atom. The van der Waals surface area contributed by atoms with E-state index in [2.05, 4.69) is 27.6 Å². The summed E-state index contributed by atoms with van der Waals surface area (Å²) in [6.07, 6.45) is 2.92. The van der Waals surface area contributed by atoms with Crippen LogP contribution in [0.1, 0.15) is 45.4 Å². The first kappa shape index (κ1) is 20.4. The molecule has 32 heavy (non-hydrogen) atoms. The minimum atomic E-state index is -0.189. The molecule has 4 aromatic rings. The van der Waals surface area contributed by atoms with E-state index in [9.17, 15) is 9.59 Å². The minimum Gasteiger partial charge on any atom is -0.489 e. The lowest BCUT2D eigenvalue weighted by Gasteiger charge is -2.11. The Morgan fingerprint density at radius 2 is 1.97 bits per heavy atom. The SMILES string of the molecule is O=C(NCCc1n[nH]c(=O)s1)c1ccc(OCc2cc(C3CC3)nc3ccccc23)cc1. The van der Waals surface area contributed by atoms with Crippen molar-refractivity contribution in [2.45, 2.75) is 31.8 Å². The van der Waals surface area contributed by atoms with Gasteiger partial charge in [-0.25, -0.2) is 5.10 Å². The van der Waals surface area contributed by atoms with Crippen molar-refractivity contribution in [3.63, 3.8) is 0 Å². The van der Waals surface area contributed by atoms with Crippen LogP contribution in [0.4, 0.5) is 0 Å². The van der Waals surface area contributed by atoms with Crippen LogP contribution >= 0.6 is 11.3 Å². The third-order valence-electron chi connectivity index (χ3n) is 5.43. The van der Waals surface area contributed by atoms with Gasteiger partial charge in [-0.15, -0.1) is 0 Å². The van der Waals surface area contributed by atoms with E-state index in [1.807, 2.05) is 18.2 Å². The van der Waals surface area contributed by atoms with E-state index in [4.69, 9.17) is 9.72 Å². The quantitative estimate of drug-likeness (QED) is 0.429. The standard InChI is InChI=1S/C24H22N4O3S/c29-23(25-12-11-22-27-28-24(30)32-22)16-7-9-18(10-8-16)31-14-17-13-21(15-5-6-15)26-20-4-2-1-3-19(17)20/h1-4,7-10,13,15H,5-6,11-12,14H2,(H,25,29)(H,28,30). The molecule has 0 saturated heterocycles. The summed E-state index contributed by atoms with van der Waals surface area (Å²) in [5, 5.41) is 10.9. The average molecular weight is 447 g/mol. The number of pyridine rings is 1. The smallest absolute Gasteiger partial charge is 0.322 e. The highest BCUT2D eigenvalue weighted by Gasteiger charge is 2.26. The summed E-state index contributed by atoms with van der Waals surface area (Å²) in [6, 6.07) is 17.4. The third-order valence-corrected chi connectivity index (χ3v) is 6.24. The number of nitrogens with zero attached hydrogens (tertiary/aromatic N) is 2. The molecular weight excluding hydrogens is 424 g/mol. The van der Waals surface area contributed by atoms with Crippen LogP contribution in [-0.4, -0.2) is 27.6 Å². The average Bonchev–Trinajstić information content (AvgIpc) is 3.59. The molecule has 1 aliphatic rings. The molecule has 1 fully saturated rings. The van der Waals surface area contributed by atoms with Crippen LogP contribution in [0, 0.1) is 0 Å². The van der Waals surface area contributed by atoms with Gasteiger partial charge in [-0.2, -0.15) is 5.10 Å². The van der Waals surface area contributed by atoms with E-state index in [-0.39, 0.29) is 10.8 Å². The molecule has 7 nitrogen and oxygen atoms in total. The second-order valence-corrected chi connectivity index (χ2v) is 8.87. The van der Waals surface area contributed by atoms with Gasteiger partial charge in [0, 0.05) is 41.1 Å². The second-order valence-electron chi connectivity index (χ2n) is 7.82. The molecule has 0 unspecified atom stereocenters. The Labute approximate surface area is 188 Å². The molecule has 0 atom stereocenters. The van der Waals surface area contributed by atoms with Gasteiger partial charge in [-0.1, -0.05) is 29.5 Å². The van der Waals surface area contributed by atoms with Gasteiger partial charge in [0.2, 0.25) is 0 Å². The number of benzene rings is 2. The third kappa shape index (κ3) is 4.70. The summed E-state index contributed by atoms with van der Waals surface area (Å²) in [5.74, 6) is 1.11. The first-order valence-electron chi connectivity index (χ1n) is 10.6. The van der Waals surface area contributed by atoms with Crippen molar-refractivity contribution in [1.29, 1.82) is 0 Å². The molecule has 0 aliphatic heterocycles. The fraction of sp³-hybridized carbons (Fsp3) is 0.250. The van der Waals surface area contributed by atoms with Gasteiger partial charge in [0.25, 0.3) is 5.91 Å². The van der Waals surface area contributed by atoms with E-state index in [1.54, 1.807) is 24.3 Å². The number of ether oxygens (including phenoxy) is 1. The summed E-state index contributed by atoms with van der Waals surface area (Å²) >= 11 is 1.05. The van der Waals surface area contributed by atoms with Gasteiger partial charge in [0.1, 0.15) is 17.4 Å². The number of para-hydroxylation sites is 1. The van der Waals surface area contributed by atoms with Crippen LogP contribution in [-0.2, 0) is 13.0 Å². The number of aromatic amines is 1. The van der Waals surface area contributed by atoms with Gasteiger partial charge in [-0.3, -0.25) is 14.6 Å². The number of carbonyl (C=O) groups excluding carboxylic acids is 1. The lowest BCUT2D eigenvalue weighted by atomic mass is 10.1. The Balaban J connectivity index is 1.20. The van der Waals surface area contributed by atoms with Gasteiger partial charge in [0.15, 0.2) is 0 Å². The molecule has 5 rings (SSSR count). The number of fused-ring (bicyclic) bond motifs is 1. The van der Waals surface area contributed by atoms with Gasteiger partial charge < -0.3 is 10.1 Å². The molecule has 2 aromatic carbocycles. The molecule has 2 N–H and O–H groups in total. The number of aromatic nitrogens is 3. The Hall–Kier alpha value is -3.52. The number of H-pyrrole nitrogens is 1. The number of carbonyl (C=O) groups is 1. The molecular formula is C24H22N4O3S. The molecule has 0 spiro atoms. The predicted molar refractivity (Wildman–Crippen MR) is 123 cm³/mol. The maximum atomic E-state index is 12.3. The fourth-order valence-corrected chi connectivity index (χ4v) is 4.19. The van der Waals surface area contributed by atoms with E-state index in [0.717, 1.165) is 33.5 Å². The van der Waals surface area contributed by atoms with Gasteiger partial charge >= 0.3 is 4.87 Å². The van der Waals surface area contributed by atoms with E-state index < -0.39 is 0 Å². The van der Waals surface area contributed by atoms with Crippen LogP contribution < -0.4 is 14.9 Å². The number of hydrogen-bond donors (Lipinski definition) is 2. The predicted octanol–water partition coefficient (Wildman–Crippen LogP) is 3.81. The molecule has 0 radical (unpaired) electrons. The molecule has 1 aliphatic carbocycles. The Kier molecular flexibility index (Phi) is 5.68. The zero-order valence-electron chi connectivity index (χ0n) is 17.3. The van der Waals surface area contributed by atoms with Gasteiger partial charge in [0.05, 0.1) is 5.52 Å². The second kappa shape index (κ2) is 8.92. The normalized spacial score (nSPS) is 13.2. The van der Waals surface area contributed by atoms with Crippen molar-refractivity contribution in [3.8, 4) is 5.75 Å². The summed E-state index contributed by atoms with van der Waals surface area (Å²) in [7, 11) is 0. The zero-order chi connectivity index (χ0) is 21.9. The van der Waals surface area contributed by atoms with Gasteiger partial charge in [-0.05, 0) is 49.2 Å². The maximum Gasteiger partial charge on any atom is 0.322 e. The van der Waals surface area contributed by atoms with E-state index in [0.29, 0.717) is 41.8 Å². The lowest BCUT2D eigenvalue weighted by molar-refractivity contribution is 0.0954. The van der Waals surface area contributed by atoms with Crippen molar-refractivity contribution < 1.29 is 9.53 Å². The van der Waals surface area contributed by atoms with Crippen molar-refractivity contribution in [2.24, 2.45) is 0 Å². The van der Waals surface area contributed by atoms with E-state index >= 15 is 0 Å². The van der Waals surface area contributed by atoms with Crippen LogP contribution in [0.5, 0.6) is 5.75 Å². The molecule has 8 heteroatoms. The summed E-state index contributed by atoms with van der Waals surface area (Å²) < 4.78 is 6.03. The highest BCUT2D eigenvalue weighted by molar-refractivity contribution is 7.08. The molecule has 2 aromatic heterocycles. The Bertz CT molecular complexity index is 1310. The fourth-order valence-electron chi connectivity index (χ4n) is 3.59. The topological polar surface area (TPSA) is 97.0 Å². The lowest BCUT2D eigenvalue weighted by Crippen LogP contribution is -2.25. The van der Waals surface area contributed by atoms with Crippen molar-refractivity contribution in [1.82, 2.24) is 20.5 Å². The first-order chi connectivity index (χ1) is 15.7. The zero-order valence-corrected chi connectivity index (χ0v) is 18.2. The highest BCUT2D eigenvalue weighted by atomic mass is 32.1. The number of amides is 1. The molecule has 1 amide bonds. The summed E-state index contributed by atoms with van der Waals surface area (Å²) in [4.78, 5) is 28.1. The van der Waals surface area contributed by atoms with Crippen LogP contribution in [0.3, 0.4) is 0 Å². The van der Waals surface area contributed by atoms with Crippen LogP contribution in [0.15, 0.2) is 59.4 Å². The molecule has 1 saturated carbocycles. The number of rotatable bonds is 8. The first-order valence-corrected chi connectivity index (χ1v) is 11.4. The maximum absolute atomic E-state index is 12.3. The minimum absolute atomic E-state index is 0.173. The monoisotopic (exact) mass is 446 g/mol. The molecule has 0 bridgehead atoms. The van der Waals surface area contributed by atoms with Crippen LogP contribution in [0.25, 0.3) is 10.9 Å². The van der Waals surface area contributed by atoms with Crippen molar-refractivity contribution in [3.05, 3.63) is 86.1 Å². The highest BCUT2D eigenvalue weighted by Crippen LogP contribution is 2.40. The van der Waals surface area contributed by atoms with Crippen molar-refractivity contribution >= 4 is 28.1 Å². The van der Waals surface area contributed by atoms with Crippen LogP contribution in [0.2, 0.25) is 0 Å². The Morgan fingerprint density at radius 1 is 1.16 bits per heavy atom. The summed E-state index contributed by atoms with van der Waals surface area (Å²) in [5.41, 5.74) is 3.83. The molecule has 2 heterocycles. The summed E-state index contributed by atoms with van der Waals surface area (Å²) in [6.45, 7) is 0.858. The number of hydrogen-bond acceptors (Lipinski definition) is 6. The largest absolute Gasteiger partial charge is 0.489 e.